The second kappa shape index (κ2) is 6.79. The van der Waals surface area contributed by atoms with E-state index in [1.54, 1.807) is 41.6 Å². The quantitative estimate of drug-likeness (QED) is 0.540. The van der Waals surface area contributed by atoms with Crippen LogP contribution in [0.4, 0.5) is 5.69 Å². The highest BCUT2D eigenvalue weighted by atomic mass is 16.6. The lowest BCUT2D eigenvalue weighted by Crippen LogP contribution is -2.22. The van der Waals surface area contributed by atoms with Gasteiger partial charge in [-0.2, -0.15) is 0 Å². The number of phenols is 1. The Bertz CT molecular complexity index is 924. The summed E-state index contributed by atoms with van der Waals surface area (Å²) in [6, 6.07) is 7.00. The molecule has 25 heavy (non-hydrogen) atoms. The van der Waals surface area contributed by atoms with Gasteiger partial charge in [0.2, 0.25) is 0 Å². The summed E-state index contributed by atoms with van der Waals surface area (Å²) in [5, 5.41) is 23.0. The largest absolute Gasteiger partial charge is 0.502 e. The number of hydrogen-bond donors (Lipinski definition) is 2. The van der Waals surface area contributed by atoms with E-state index >= 15 is 0 Å². The first-order chi connectivity index (χ1) is 12.0. The molecule has 0 radical (unpaired) electrons. The minimum absolute atomic E-state index is 0.131. The van der Waals surface area contributed by atoms with Gasteiger partial charge in [0.15, 0.2) is 5.75 Å². The third-order valence-electron chi connectivity index (χ3n) is 3.47. The molecule has 0 aliphatic carbocycles. The molecule has 0 spiro atoms. The number of aromatic nitrogens is 3. The van der Waals surface area contributed by atoms with E-state index < -0.39 is 22.3 Å². The van der Waals surface area contributed by atoms with Crippen molar-refractivity contribution in [1.29, 1.82) is 0 Å². The molecule has 3 rings (SSSR count). The van der Waals surface area contributed by atoms with E-state index in [1.165, 1.54) is 6.07 Å². The highest BCUT2D eigenvalue weighted by Gasteiger charge is 2.16. The van der Waals surface area contributed by atoms with Crippen LogP contribution in [0, 0.1) is 10.1 Å². The van der Waals surface area contributed by atoms with Gasteiger partial charge in [0, 0.05) is 36.8 Å². The Morgan fingerprint density at radius 2 is 2.12 bits per heavy atom. The number of imidazole rings is 1. The molecule has 1 aromatic carbocycles. The van der Waals surface area contributed by atoms with Crippen LogP contribution in [-0.4, -0.2) is 30.5 Å². The lowest BCUT2D eigenvalue weighted by molar-refractivity contribution is -0.385. The summed E-state index contributed by atoms with van der Waals surface area (Å²) < 4.78 is 1.74. The Kier molecular flexibility index (Phi) is 4.38. The fourth-order valence-electron chi connectivity index (χ4n) is 2.21. The summed E-state index contributed by atoms with van der Waals surface area (Å²) in [6.07, 6.45) is 6.63. The predicted molar refractivity (Wildman–Crippen MR) is 87.3 cm³/mol. The number of aromatic hydroxyl groups is 1. The number of nitro groups is 1. The molecule has 2 N–H and O–H groups in total. The van der Waals surface area contributed by atoms with Crippen molar-refractivity contribution < 1.29 is 14.8 Å². The fourth-order valence-corrected chi connectivity index (χ4v) is 2.21. The molecular weight excluding hydrogens is 326 g/mol. The maximum atomic E-state index is 12.1. The van der Waals surface area contributed by atoms with Crippen molar-refractivity contribution in [2.24, 2.45) is 0 Å². The first kappa shape index (κ1) is 16.1. The van der Waals surface area contributed by atoms with Gasteiger partial charge in [-0.05, 0) is 29.8 Å². The van der Waals surface area contributed by atoms with Crippen LogP contribution in [0.5, 0.6) is 5.75 Å². The number of amides is 1. The van der Waals surface area contributed by atoms with Crippen LogP contribution in [0.15, 0.2) is 55.2 Å². The predicted octanol–water partition coefficient (Wildman–Crippen LogP) is 1.81. The molecular formula is C16H13N5O4. The average Bonchev–Trinajstić information content (AvgIpc) is 3.14. The Hall–Kier alpha value is -3.75. The second-order valence-corrected chi connectivity index (χ2v) is 5.14. The van der Waals surface area contributed by atoms with E-state index in [9.17, 15) is 20.0 Å². The first-order valence-electron chi connectivity index (χ1n) is 7.23. The second-order valence-electron chi connectivity index (χ2n) is 5.14. The van der Waals surface area contributed by atoms with Crippen molar-refractivity contribution in [3.8, 4) is 11.6 Å². The monoisotopic (exact) mass is 339 g/mol. The van der Waals surface area contributed by atoms with Gasteiger partial charge in [0.05, 0.1) is 4.92 Å². The zero-order valence-electron chi connectivity index (χ0n) is 12.9. The van der Waals surface area contributed by atoms with Crippen molar-refractivity contribution in [3.05, 3.63) is 76.5 Å². The third kappa shape index (κ3) is 3.61. The minimum atomic E-state index is -0.717. The minimum Gasteiger partial charge on any atom is -0.502 e. The molecule has 0 aliphatic rings. The molecule has 0 fully saturated rings. The molecule has 0 saturated heterocycles. The third-order valence-corrected chi connectivity index (χ3v) is 3.47. The van der Waals surface area contributed by atoms with E-state index in [4.69, 9.17) is 0 Å². The van der Waals surface area contributed by atoms with Gasteiger partial charge in [-0.1, -0.05) is 0 Å². The number of nitrogens with one attached hydrogen (secondary N) is 1. The molecule has 2 heterocycles. The topological polar surface area (TPSA) is 123 Å². The van der Waals surface area contributed by atoms with E-state index in [-0.39, 0.29) is 12.1 Å². The van der Waals surface area contributed by atoms with Gasteiger partial charge in [0.25, 0.3) is 5.91 Å². The Balaban J connectivity index is 1.69. The Morgan fingerprint density at radius 1 is 1.28 bits per heavy atom. The molecule has 0 saturated carbocycles. The van der Waals surface area contributed by atoms with Gasteiger partial charge in [-0.25, -0.2) is 9.97 Å². The molecule has 2 aromatic heterocycles. The Morgan fingerprint density at radius 3 is 2.80 bits per heavy atom. The van der Waals surface area contributed by atoms with Gasteiger partial charge < -0.3 is 10.4 Å². The van der Waals surface area contributed by atoms with Crippen molar-refractivity contribution in [3.63, 3.8) is 0 Å². The molecule has 0 atom stereocenters. The van der Waals surface area contributed by atoms with Crippen molar-refractivity contribution in [2.45, 2.75) is 6.54 Å². The van der Waals surface area contributed by atoms with Crippen LogP contribution < -0.4 is 5.32 Å². The molecule has 9 heteroatoms. The Labute approximate surface area is 141 Å². The summed E-state index contributed by atoms with van der Waals surface area (Å²) in [4.78, 5) is 30.3. The number of pyridine rings is 1. The van der Waals surface area contributed by atoms with Crippen LogP contribution >= 0.6 is 0 Å². The van der Waals surface area contributed by atoms with Gasteiger partial charge in [-0.3, -0.25) is 19.5 Å². The number of phenolic OH excluding ortho intramolecular Hbond substituents is 1. The number of hydrogen-bond acceptors (Lipinski definition) is 6. The van der Waals surface area contributed by atoms with E-state index in [2.05, 4.69) is 15.3 Å². The maximum Gasteiger partial charge on any atom is 0.310 e. The molecule has 1 amide bonds. The molecule has 0 bridgehead atoms. The lowest BCUT2D eigenvalue weighted by atomic mass is 10.1. The summed E-state index contributed by atoms with van der Waals surface area (Å²) in [6.45, 7) is 0.237. The number of carbonyl (C=O) groups excluding carboxylic acids is 1. The molecule has 0 unspecified atom stereocenters. The number of nitrogens with zero attached hydrogens (tertiary/aromatic N) is 4. The van der Waals surface area contributed by atoms with Crippen LogP contribution in [0.2, 0.25) is 0 Å². The molecule has 0 aliphatic heterocycles. The number of nitro benzene ring substituents is 1. The van der Waals surface area contributed by atoms with Crippen LogP contribution in [-0.2, 0) is 6.54 Å². The van der Waals surface area contributed by atoms with Gasteiger partial charge in [-0.15, -0.1) is 0 Å². The van der Waals surface area contributed by atoms with E-state index in [0.717, 1.165) is 17.7 Å². The SMILES string of the molecule is O=C(NCc1ccnc(-n2ccnc2)c1)c1ccc([N+](=O)[O-])c(O)c1. The van der Waals surface area contributed by atoms with Gasteiger partial charge >= 0.3 is 5.69 Å². The first-order valence-corrected chi connectivity index (χ1v) is 7.23. The van der Waals surface area contributed by atoms with Crippen molar-refractivity contribution in [2.75, 3.05) is 0 Å². The summed E-state index contributed by atoms with van der Waals surface area (Å²) in [5.74, 6) is -0.340. The van der Waals surface area contributed by atoms with Crippen molar-refractivity contribution in [1.82, 2.24) is 19.9 Å². The summed E-state index contributed by atoms with van der Waals surface area (Å²) in [7, 11) is 0. The van der Waals surface area contributed by atoms with E-state index in [0.29, 0.717) is 5.82 Å². The zero-order valence-corrected chi connectivity index (χ0v) is 12.9. The maximum absolute atomic E-state index is 12.1. The highest BCUT2D eigenvalue weighted by molar-refractivity contribution is 5.95. The fraction of sp³-hybridized carbons (Fsp3) is 0.0625. The van der Waals surface area contributed by atoms with Crippen LogP contribution in [0.1, 0.15) is 15.9 Å². The molecule has 126 valence electrons. The standard InChI is InChI=1S/C16H13N5O4/c22-14-8-12(1-2-13(14)21(24)25)16(23)19-9-11-3-4-18-15(7-11)20-6-5-17-10-20/h1-8,10,22H,9H2,(H,19,23). The smallest absolute Gasteiger partial charge is 0.310 e. The van der Waals surface area contributed by atoms with Crippen LogP contribution in [0.3, 0.4) is 0 Å². The van der Waals surface area contributed by atoms with Crippen LogP contribution in [0.25, 0.3) is 5.82 Å². The number of carbonyl (C=O) groups is 1. The lowest BCUT2D eigenvalue weighted by Gasteiger charge is -2.08. The highest BCUT2D eigenvalue weighted by Crippen LogP contribution is 2.26. The summed E-state index contributed by atoms with van der Waals surface area (Å²) in [5.41, 5.74) is 0.501. The number of benzene rings is 1. The normalized spacial score (nSPS) is 10.4. The molecule has 9 nitrogen and oxygen atoms in total. The van der Waals surface area contributed by atoms with Gasteiger partial charge in [0.1, 0.15) is 12.1 Å². The number of rotatable bonds is 5. The summed E-state index contributed by atoms with van der Waals surface area (Å²) >= 11 is 0. The van der Waals surface area contributed by atoms with E-state index in [1.807, 2.05) is 0 Å². The zero-order chi connectivity index (χ0) is 17.8. The average molecular weight is 339 g/mol. The molecule has 3 aromatic rings. The van der Waals surface area contributed by atoms with Crippen molar-refractivity contribution >= 4 is 11.6 Å².